The van der Waals surface area contributed by atoms with Gasteiger partial charge in [0.2, 0.25) is 29.5 Å². The van der Waals surface area contributed by atoms with Gasteiger partial charge in [0.15, 0.2) is 37.7 Å². The zero-order chi connectivity index (χ0) is 86.3. The zero-order valence-corrected chi connectivity index (χ0v) is 62.3. The third-order valence-electron chi connectivity index (χ3n) is 20.6. The fourth-order valence-electron chi connectivity index (χ4n) is 14.7. The molecule has 0 saturated carbocycles. The van der Waals surface area contributed by atoms with E-state index in [-0.39, 0.29) is 0 Å². The molecule has 8 aliphatic rings. The van der Waals surface area contributed by atoms with Crippen molar-refractivity contribution in [3.8, 4) is 0 Å². The molecule has 8 saturated heterocycles. The smallest absolute Gasteiger partial charge is 0.364 e. The van der Waals surface area contributed by atoms with Crippen molar-refractivity contribution in [2.75, 3.05) is 52.9 Å². The Morgan fingerprint density at radius 2 is 0.716 bits per heavy atom. The molecule has 0 aromatic heterocycles. The summed E-state index contributed by atoms with van der Waals surface area (Å²) in [7, 11) is 0. The first-order valence-electron chi connectivity index (χ1n) is 36.4. The maximum atomic E-state index is 13.1. The summed E-state index contributed by atoms with van der Waals surface area (Å²) in [6.07, 6.45) is -77.4. The lowest BCUT2D eigenvalue weighted by Crippen LogP contribution is -2.71. The van der Waals surface area contributed by atoms with E-state index >= 15 is 0 Å². The topological polar surface area (TPSA) is 824 Å². The van der Waals surface area contributed by atoms with Gasteiger partial charge in [-0.15, -0.1) is 0 Å². The fraction of sp³-hybridized carbons (Fsp3) is 0.891. The van der Waals surface area contributed by atoms with Crippen LogP contribution in [0.25, 0.3) is 0 Å². The molecule has 0 radical (unpaired) electrons. The average Bonchev–Trinajstić information content (AvgIpc) is 0.758. The molecule has 0 aromatic rings. The zero-order valence-electron chi connectivity index (χ0n) is 62.3. The number of carbonyl (C=O) groups excluding carboxylic acids is 5. The Bertz CT molecular complexity index is 3240. The minimum atomic E-state index is -3.25. The molecule has 52 heteroatoms. The molecule has 0 spiro atoms. The lowest BCUT2D eigenvalue weighted by Gasteiger charge is -2.51. The van der Waals surface area contributed by atoms with E-state index < -0.39 is 364 Å². The van der Waals surface area contributed by atoms with Crippen molar-refractivity contribution in [3.05, 3.63) is 0 Å². The van der Waals surface area contributed by atoms with Crippen molar-refractivity contribution in [2.45, 2.75) is 304 Å². The number of hydrogen-bond acceptors (Lipinski definition) is 45. The number of aliphatic carboxylic acids is 2. The minimum Gasteiger partial charge on any atom is -0.477 e. The third-order valence-corrected chi connectivity index (χ3v) is 20.6. The second-order valence-electron chi connectivity index (χ2n) is 29.0. The Hall–Kier alpha value is -5.23. The molecule has 8 aliphatic heterocycles. The Balaban J connectivity index is 0.975. The van der Waals surface area contributed by atoms with E-state index in [9.17, 15) is 161 Å². The second kappa shape index (κ2) is 41.1. The molecule has 52 nitrogen and oxygen atoms in total. The van der Waals surface area contributed by atoms with Gasteiger partial charge in [0.1, 0.15) is 183 Å². The molecule has 30 N–H and O–H groups in total. The van der Waals surface area contributed by atoms with Crippen LogP contribution in [0.1, 0.15) is 47.5 Å². The molecule has 8 fully saturated rings. The molecule has 0 aliphatic carbocycles. The van der Waals surface area contributed by atoms with Crippen LogP contribution in [0, 0.1) is 0 Å². The fourth-order valence-corrected chi connectivity index (χ4v) is 14.7. The Morgan fingerprint density at radius 3 is 1.16 bits per heavy atom. The third kappa shape index (κ3) is 21.4. The molecular weight excluding hydrogens is 1590 g/mol. The molecule has 0 bridgehead atoms. The molecule has 1 unspecified atom stereocenters. The number of carboxylic acid groups (broad SMARTS) is 2. The highest BCUT2D eigenvalue weighted by atomic mass is 16.8. The van der Waals surface area contributed by atoms with Crippen LogP contribution in [-0.2, 0) is 105 Å². The molecule has 5 amide bonds. The van der Waals surface area contributed by atoms with E-state index in [0.29, 0.717) is 0 Å². The van der Waals surface area contributed by atoms with Crippen LogP contribution >= 0.6 is 0 Å². The van der Waals surface area contributed by atoms with E-state index in [1.54, 1.807) is 0 Å². The van der Waals surface area contributed by atoms with Gasteiger partial charge in [-0.2, -0.15) is 0 Å². The van der Waals surface area contributed by atoms with Crippen LogP contribution in [0.15, 0.2) is 0 Å². The lowest BCUT2D eigenvalue weighted by atomic mass is 9.88. The number of amides is 5. The van der Waals surface area contributed by atoms with Gasteiger partial charge in [0, 0.05) is 47.5 Å². The van der Waals surface area contributed by atoms with Crippen LogP contribution < -0.4 is 26.6 Å². The number of carbonyl (C=O) groups is 7. The van der Waals surface area contributed by atoms with Crippen molar-refractivity contribution in [1.29, 1.82) is 0 Å². The first-order valence-corrected chi connectivity index (χ1v) is 36.4. The molecule has 668 valence electrons. The van der Waals surface area contributed by atoms with Gasteiger partial charge in [-0.25, -0.2) is 9.59 Å². The number of carboxylic acids is 2. The predicted octanol–water partition coefficient (Wildman–Crippen LogP) is -19.3. The SMILES string of the molecule is CC(=O)N[C@H]1[C@H](O[C@H]2[C@@H](O)[C@@H](CO)O[C@@H](O[C@H]3[C@@H](O)[C@@H](CO[C@@H]4O[C@H](CO)[C@@H](O[C@@H]5O[C@H](CO)[C@H](O)[C@H](O[C@]6(C(=O)O)C[C@H](O)[C@@H](NC(C)=O)[C@H]([C@H](O)[C@H](O)CO)O6)[C@H]5O)[C@H](O)[C@H]4NC(C)=O)OC(O)[C@@H]3NC(C)=O)[C@@H]2O)O[C@H](CO)[C@@H](O[C@@H]2O[C@H](CO[C@]3(C(=O)O)C[C@H](O)[C@@H](NC(C)=O)[C@H]([C@H](O)[C@H](O)CO)O3)[C@H](O)[C@H](O)[C@H]2O)[C@@H]1O. The summed E-state index contributed by atoms with van der Waals surface area (Å²) in [6, 6.07) is -9.09. The first kappa shape index (κ1) is 96.2. The summed E-state index contributed by atoms with van der Waals surface area (Å²) in [6.45, 7) is -4.50. The summed E-state index contributed by atoms with van der Waals surface area (Å²) in [5.74, 6) is -15.0. The summed E-state index contributed by atoms with van der Waals surface area (Å²) >= 11 is 0. The maximum Gasteiger partial charge on any atom is 0.364 e. The van der Waals surface area contributed by atoms with Crippen LogP contribution in [0.4, 0.5) is 0 Å². The Morgan fingerprint density at radius 1 is 0.362 bits per heavy atom. The maximum absolute atomic E-state index is 13.1. The normalized spacial score (nSPS) is 44.6. The second-order valence-corrected chi connectivity index (χ2v) is 29.0. The van der Waals surface area contributed by atoms with E-state index in [1.807, 2.05) is 0 Å². The van der Waals surface area contributed by atoms with E-state index in [4.69, 9.17) is 71.1 Å². The highest BCUT2D eigenvalue weighted by Gasteiger charge is 2.63. The molecular formula is C64H105N5O47. The summed E-state index contributed by atoms with van der Waals surface area (Å²) in [4.78, 5) is 88.7. The number of rotatable bonds is 33. The van der Waals surface area contributed by atoms with E-state index in [1.165, 1.54) is 0 Å². The molecule has 0 aromatic carbocycles. The highest BCUT2D eigenvalue weighted by molar-refractivity contribution is 5.78. The Kier molecular flexibility index (Phi) is 34.1. The van der Waals surface area contributed by atoms with Crippen LogP contribution in [0.2, 0.25) is 0 Å². The summed E-state index contributed by atoms with van der Waals surface area (Å²) < 4.78 is 86.9. The van der Waals surface area contributed by atoms with Crippen molar-refractivity contribution < 1.29 is 232 Å². The quantitative estimate of drug-likeness (QED) is 0.0290. The number of hydrogen-bond donors (Lipinski definition) is 30. The summed E-state index contributed by atoms with van der Waals surface area (Å²) in [5.41, 5.74) is 0. The van der Waals surface area contributed by atoms with Gasteiger partial charge < -0.3 is 225 Å². The van der Waals surface area contributed by atoms with Gasteiger partial charge >= 0.3 is 11.9 Å². The van der Waals surface area contributed by atoms with Gasteiger partial charge in [0.05, 0.1) is 77.1 Å². The number of ether oxygens (including phenoxy) is 15. The molecule has 8 rings (SSSR count). The minimum absolute atomic E-state index is 0.826. The average molecular weight is 1700 g/mol. The van der Waals surface area contributed by atoms with Gasteiger partial charge in [-0.05, 0) is 0 Å². The van der Waals surface area contributed by atoms with E-state index in [2.05, 4.69) is 26.6 Å². The van der Waals surface area contributed by atoms with Crippen molar-refractivity contribution >= 4 is 41.5 Å². The largest absolute Gasteiger partial charge is 0.477 e. The van der Waals surface area contributed by atoms with Gasteiger partial charge in [0.25, 0.3) is 11.6 Å². The molecule has 116 heavy (non-hydrogen) atoms. The van der Waals surface area contributed by atoms with Crippen LogP contribution in [0.3, 0.4) is 0 Å². The predicted molar refractivity (Wildman–Crippen MR) is 357 cm³/mol. The van der Waals surface area contributed by atoms with Crippen LogP contribution in [-0.4, -0.2) is 479 Å². The monoisotopic (exact) mass is 1700 g/mol. The Labute approximate surface area is 655 Å². The first-order chi connectivity index (χ1) is 54.5. The number of aliphatic hydroxyl groups is 23. The number of aliphatic hydroxyl groups excluding tert-OH is 23. The molecule has 8 heterocycles. The van der Waals surface area contributed by atoms with E-state index in [0.717, 1.165) is 34.6 Å². The number of nitrogens with one attached hydrogen (secondary N) is 5. The lowest BCUT2D eigenvalue weighted by molar-refractivity contribution is -0.384. The van der Waals surface area contributed by atoms with Crippen LogP contribution in [0.5, 0.6) is 0 Å². The molecule has 42 atom stereocenters. The van der Waals surface area contributed by atoms with Crippen molar-refractivity contribution in [1.82, 2.24) is 26.6 Å². The standard InChI is InChI=1S/C64H105N5O47/c1-16(76)65-31-21(81)6-63(61(98)99,114-51(31)36(85)23(83)8-70)103-15-30-38(87)44(93)45(94)58(109-30)110-49-28(13-75)108-57(34(43(49)92)68-19(4)79)113-53-39(88)25(10-72)105-59(46(53)95)112-50-35(69-20(5)80)55(97)104-29(41(50)90)14-102-56-33(67-18(3)78)42(91)48(27(12-74)107-56)111-60-47(96)54(40(89)26(11-73)106-60)116-64(62(100)101)7-22(82)32(66-17(2)77)52(115-64)37(86)24(84)9-71/h21-60,70-75,81-97H,6-15H2,1-5H3,(H,65,76)(H,66,77)(H,67,78)(H,68,79)(H,69,80)(H,98,99)(H,100,101)/t21-,22-,23+,24+,25+,26+,27+,28+,29+,30+,31+,32+,33+,34+,35+,36+,37+,38-,39-,40-,41-,42+,43+,44-,45+,46+,47+,48+,49+,50+,51+,52+,53-,54-,55?,56+,57-,58-,59-,60-,63+,64-/m0/s1. The highest BCUT2D eigenvalue weighted by Crippen LogP contribution is 2.42. The van der Waals surface area contributed by atoms with Gasteiger partial charge in [-0.1, -0.05) is 0 Å². The summed E-state index contributed by atoms with van der Waals surface area (Å²) in [5, 5.41) is 287. The van der Waals surface area contributed by atoms with Gasteiger partial charge in [-0.3, -0.25) is 24.0 Å². The van der Waals surface area contributed by atoms with Crippen molar-refractivity contribution in [3.63, 3.8) is 0 Å². The van der Waals surface area contributed by atoms with Crippen molar-refractivity contribution in [2.24, 2.45) is 0 Å².